The van der Waals surface area contributed by atoms with Crippen molar-refractivity contribution in [1.82, 2.24) is 4.90 Å². The van der Waals surface area contributed by atoms with Crippen LogP contribution in [0.2, 0.25) is 0 Å². The van der Waals surface area contributed by atoms with Gasteiger partial charge in [-0.2, -0.15) is 0 Å². The maximum absolute atomic E-state index is 13.0. The molecule has 1 fully saturated rings. The number of carbonyl (C=O) groups is 1. The monoisotopic (exact) mass is 517 g/mol. The zero-order chi connectivity index (χ0) is 25.3. The third kappa shape index (κ3) is 6.56. The second kappa shape index (κ2) is 12.4. The van der Waals surface area contributed by atoms with E-state index in [2.05, 4.69) is 6.58 Å². The summed E-state index contributed by atoms with van der Waals surface area (Å²) in [5, 5.41) is 0. The summed E-state index contributed by atoms with van der Waals surface area (Å²) >= 11 is 6.78. The number of hydrogen-bond donors (Lipinski definition) is 0. The van der Waals surface area contributed by atoms with Crippen molar-refractivity contribution < 1.29 is 19.0 Å². The predicted octanol–water partition coefficient (Wildman–Crippen LogP) is 6.28. The molecule has 0 unspecified atom stereocenters. The topological polar surface area (TPSA) is 48.0 Å². The summed E-state index contributed by atoms with van der Waals surface area (Å²) in [6, 6.07) is 23.3. The minimum atomic E-state index is -0.0818. The van der Waals surface area contributed by atoms with Gasteiger partial charge < -0.3 is 14.2 Å². The zero-order valence-electron chi connectivity index (χ0n) is 20.0. The number of thioether (sulfide) groups is 1. The first kappa shape index (κ1) is 25.5. The van der Waals surface area contributed by atoms with Crippen LogP contribution in [-0.4, -0.2) is 35.5 Å². The van der Waals surface area contributed by atoms with Gasteiger partial charge in [-0.15, -0.1) is 6.58 Å². The number of thiocarbonyl (C=S) groups is 1. The molecule has 1 heterocycles. The van der Waals surface area contributed by atoms with Gasteiger partial charge in [0.05, 0.1) is 18.6 Å². The van der Waals surface area contributed by atoms with Crippen molar-refractivity contribution in [1.29, 1.82) is 0 Å². The van der Waals surface area contributed by atoms with Gasteiger partial charge in [-0.05, 0) is 53.5 Å². The molecule has 1 aliphatic rings. The van der Waals surface area contributed by atoms with E-state index in [9.17, 15) is 4.79 Å². The highest BCUT2D eigenvalue weighted by Crippen LogP contribution is 2.34. The number of amides is 1. The highest BCUT2D eigenvalue weighted by Gasteiger charge is 2.31. The van der Waals surface area contributed by atoms with E-state index in [-0.39, 0.29) is 5.91 Å². The third-order valence-electron chi connectivity index (χ3n) is 5.43. The molecule has 1 saturated heterocycles. The molecule has 5 nitrogen and oxygen atoms in total. The Labute approximate surface area is 221 Å². The highest BCUT2D eigenvalue weighted by molar-refractivity contribution is 8.26. The highest BCUT2D eigenvalue weighted by atomic mass is 32.2. The Morgan fingerprint density at radius 1 is 0.944 bits per heavy atom. The Bertz CT molecular complexity index is 1270. The standard InChI is InChI=1S/C29H27NO4S2/c1-3-8-21-13-14-25(26(18-21)32-2)34-16-15-33-24-12-7-11-23(17-24)19-27-28(31)30(29(35)36-27)20-22-9-5-4-6-10-22/h3-7,9-14,17-19H,1,8,15-16,20H2,2H3. The van der Waals surface area contributed by atoms with E-state index in [1.165, 1.54) is 11.8 Å². The van der Waals surface area contributed by atoms with Crippen LogP contribution in [0.25, 0.3) is 6.08 Å². The number of benzene rings is 3. The molecule has 0 aromatic heterocycles. The zero-order valence-corrected chi connectivity index (χ0v) is 21.6. The van der Waals surface area contributed by atoms with Crippen molar-refractivity contribution in [3.63, 3.8) is 0 Å². The van der Waals surface area contributed by atoms with Gasteiger partial charge in [-0.1, -0.05) is 78.6 Å². The van der Waals surface area contributed by atoms with Crippen molar-refractivity contribution in [3.05, 3.63) is 107 Å². The Morgan fingerprint density at radius 2 is 1.75 bits per heavy atom. The second-order valence-electron chi connectivity index (χ2n) is 8.00. The summed E-state index contributed by atoms with van der Waals surface area (Å²) in [4.78, 5) is 15.2. The van der Waals surface area contributed by atoms with E-state index in [4.69, 9.17) is 26.4 Å². The molecule has 3 aromatic rings. The lowest BCUT2D eigenvalue weighted by atomic mass is 10.1. The Balaban J connectivity index is 1.34. The number of hydrogen-bond acceptors (Lipinski definition) is 6. The third-order valence-corrected chi connectivity index (χ3v) is 6.81. The molecule has 0 aliphatic carbocycles. The molecule has 0 spiro atoms. The molecule has 4 rings (SSSR count). The van der Waals surface area contributed by atoms with Gasteiger partial charge in [0.25, 0.3) is 5.91 Å². The van der Waals surface area contributed by atoms with E-state index in [1.54, 1.807) is 12.0 Å². The molecule has 184 valence electrons. The first-order valence-corrected chi connectivity index (χ1v) is 12.7. The van der Waals surface area contributed by atoms with E-state index < -0.39 is 0 Å². The lowest BCUT2D eigenvalue weighted by Crippen LogP contribution is -2.27. The molecule has 1 amide bonds. The molecule has 0 bridgehead atoms. The number of nitrogens with zero attached hydrogens (tertiary/aromatic N) is 1. The predicted molar refractivity (Wildman–Crippen MR) is 149 cm³/mol. The average Bonchev–Trinajstić information content (AvgIpc) is 3.15. The van der Waals surface area contributed by atoms with E-state index in [0.717, 1.165) is 23.1 Å². The normalized spacial score (nSPS) is 14.2. The molecular weight excluding hydrogens is 490 g/mol. The first-order valence-electron chi connectivity index (χ1n) is 11.5. The maximum atomic E-state index is 13.0. The fourth-order valence-electron chi connectivity index (χ4n) is 3.68. The molecule has 1 aliphatic heterocycles. The summed E-state index contributed by atoms with van der Waals surface area (Å²) in [7, 11) is 1.62. The quantitative estimate of drug-likeness (QED) is 0.129. The number of ether oxygens (including phenoxy) is 3. The number of methoxy groups -OCH3 is 1. The largest absolute Gasteiger partial charge is 0.493 e. The van der Waals surface area contributed by atoms with Gasteiger partial charge in [-0.3, -0.25) is 9.69 Å². The molecule has 0 N–H and O–H groups in total. The summed E-state index contributed by atoms with van der Waals surface area (Å²) in [6.45, 7) is 4.95. The van der Waals surface area contributed by atoms with Crippen LogP contribution in [0.1, 0.15) is 16.7 Å². The van der Waals surface area contributed by atoms with Crippen molar-refractivity contribution in [2.45, 2.75) is 13.0 Å². The van der Waals surface area contributed by atoms with E-state index >= 15 is 0 Å². The van der Waals surface area contributed by atoms with Gasteiger partial charge >= 0.3 is 0 Å². The molecule has 36 heavy (non-hydrogen) atoms. The number of rotatable bonds is 11. The van der Waals surface area contributed by atoms with Crippen LogP contribution < -0.4 is 14.2 Å². The summed E-state index contributed by atoms with van der Waals surface area (Å²) in [5.74, 6) is 1.96. The molecule has 0 atom stereocenters. The second-order valence-corrected chi connectivity index (χ2v) is 9.68. The number of allylic oxidation sites excluding steroid dienone is 1. The van der Waals surface area contributed by atoms with Crippen molar-refractivity contribution in [3.8, 4) is 17.2 Å². The Morgan fingerprint density at radius 3 is 2.53 bits per heavy atom. The van der Waals surface area contributed by atoms with Crippen molar-refractivity contribution >= 4 is 40.3 Å². The van der Waals surface area contributed by atoms with Crippen LogP contribution in [0.3, 0.4) is 0 Å². The molecular formula is C29H27NO4S2. The lowest BCUT2D eigenvalue weighted by molar-refractivity contribution is -0.122. The van der Waals surface area contributed by atoms with Crippen LogP contribution >= 0.6 is 24.0 Å². The minimum absolute atomic E-state index is 0.0818. The molecule has 7 heteroatoms. The van der Waals surface area contributed by atoms with Crippen LogP contribution in [-0.2, 0) is 17.8 Å². The first-order chi connectivity index (χ1) is 17.6. The SMILES string of the molecule is C=CCc1ccc(OCCOc2cccc(C=C3SC(=S)N(Cc4ccccc4)C3=O)c2)c(OC)c1. The van der Waals surface area contributed by atoms with E-state index in [0.29, 0.717) is 46.2 Å². The van der Waals surface area contributed by atoms with Crippen LogP contribution in [0.15, 0.2) is 90.4 Å². The van der Waals surface area contributed by atoms with Crippen LogP contribution in [0.5, 0.6) is 17.2 Å². The fourth-order valence-corrected chi connectivity index (χ4v) is 4.94. The molecule has 0 saturated carbocycles. The maximum Gasteiger partial charge on any atom is 0.266 e. The fraction of sp³-hybridized carbons (Fsp3) is 0.172. The summed E-state index contributed by atoms with van der Waals surface area (Å²) in [5.41, 5.74) is 3.02. The summed E-state index contributed by atoms with van der Waals surface area (Å²) in [6.07, 6.45) is 4.47. The van der Waals surface area contributed by atoms with E-state index in [1.807, 2.05) is 84.9 Å². The van der Waals surface area contributed by atoms with Crippen molar-refractivity contribution in [2.24, 2.45) is 0 Å². The number of carbonyl (C=O) groups excluding carboxylic acids is 1. The smallest absolute Gasteiger partial charge is 0.266 e. The Kier molecular flexibility index (Phi) is 8.81. The van der Waals surface area contributed by atoms with Gasteiger partial charge in [0, 0.05) is 0 Å². The van der Waals surface area contributed by atoms with Crippen LogP contribution in [0.4, 0.5) is 0 Å². The van der Waals surface area contributed by atoms with Gasteiger partial charge in [0.1, 0.15) is 23.3 Å². The van der Waals surface area contributed by atoms with Crippen LogP contribution in [0, 0.1) is 0 Å². The Hall–Kier alpha value is -3.55. The molecule has 3 aromatic carbocycles. The lowest BCUT2D eigenvalue weighted by Gasteiger charge is -2.14. The van der Waals surface area contributed by atoms with Gasteiger partial charge in [0.15, 0.2) is 11.5 Å². The van der Waals surface area contributed by atoms with Gasteiger partial charge in [-0.25, -0.2) is 0 Å². The summed E-state index contributed by atoms with van der Waals surface area (Å²) < 4.78 is 17.7. The van der Waals surface area contributed by atoms with Gasteiger partial charge in [0.2, 0.25) is 0 Å². The minimum Gasteiger partial charge on any atom is -0.493 e. The van der Waals surface area contributed by atoms with Crippen molar-refractivity contribution in [2.75, 3.05) is 20.3 Å². The molecule has 0 radical (unpaired) electrons. The average molecular weight is 518 g/mol.